The lowest BCUT2D eigenvalue weighted by atomic mass is 10.1. The molecule has 1 rings (SSSR count). The van der Waals surface area contributed by atoms with Crippen LogP contribution in [0.5, 0.6) is 0 Å². The molecule has 12 heavy (non-hydrogen) atoms. The predicted octanol–water partition coefficient (Wildman–Crippen LogP) is 1.88. The van der Waals surface area contributed by atoms with E-state index in [2.05, 4.69) is 11.8 Å². The highest BCUT2D eigenvalue weighted by Gasteiger charge is 2.40. The van der Waals surface area contributed by atoms with Gasteiger partial charge in [-0.2, -0.15) is 0 Å². The van der Waals surface area contributed by atoms with Crippen molar-refractivity contribution in [1.82, 2.24) is 0 Å². The normalized spacial score (nSPS) is 40.6. The topological polar surface area (TPSA) is 35.5 Å². The summed E-state index contributed by atoms with van der Waals surface area (Å²) in [5.41, 5.74) is 0. The van der Waals surface area contributed by atoms with Gasteiger partial charge in [0.25, 0.3) is 0 Å². The van der Waals surface area contributed by atoms with Gasteiger partial charge in [-0.05, 0) is 6.92 Å². The van der Waals surface area contributed by atoms with Crippen molar-refractivity contribution < 1.29 is 13.6 Å². The van der Waals surface area contributed by atoms with Crippen molar-refractivity contribution >= 4 is 7.60 Å². The van der Waals surface area contributed by atoms with E-state index in [-0.39, 0.29) is 12.0 Å². The monoisotopic (exact) mass is 188 g/mol. The standard InChI is InChI=1S/C8H13O3P/c1-4-5-8-7(2)6-12(9,10-3)11-8/h7-8H,6H2,1-3H3. The van der Waals surface area contributed by atoms with Gasteiger partial charge < -0.3 is 4.52 Å². The van der Waals surface area contributed by atoms with E-state index in [0.29, 0.717) is 6.16 Å². The van der Waals surface area contributed by atoms with Crippen molar-refractivity contribution in [2.24, 2.45) is 5.92 Å². The van der Waals surface area contributed by atoms with E-state index in [4.69, 9.17) is 9.05 Å². The Morgan fingerprint density at radius 3 is 2.75 bits per heavy atom. The van der Waals surface area contributed by atoms with Crippen LogP contribution >= 0.6 is 7.60 Å². The highest BCUT2D eigenvalue weighted by Crippen LogP contribution is 2.56. The molecule has 0 aromatic carbocycles. The molecule has 1 fully saturated rings. The fourth-order valence-corrected chi connectivity index (χ4v) is 3.02. The van der Waals surface area contributed by atoms with Gasteiger partial charge in [-0.25, -0.2) is 0 Å². The summed E-state index contributed by atoms with van der Waals surface area (Å²) >= 11 is 0. The van der Waals surface area contributed by atoms with E-state index >= 15 is 0 Å². The van der Waals surface area contributed by atoms with Gasteiger partial charge in [0.2, 0.25) is 0 Å². The molecule has 0 aliphatic carbocycles. The van der Waals surface area contributed by atoms with Gasteiger partial charge >= 0.3 is 7.60 Å². The molecular weight excluding hydrogens is 175 g/mol. The van der Waals surface area contributed by atoms with E-state index in [0.717, 1.165) is 0 Å². The molecule has 1 aliphatic heterocycles. The highest BCUT2D eigenvalue weighted by atomic mass is 31.2. The SMILES string of the molecule is CC#CC1OP(=O)(OC)CC1C. The lowest BCUT2D eigenvalue weighted by molar-refractivity contribution is 0.211. The van der Waals surface area contributed by atoms with E-state index in [1.807, 2.05) is 6.92 Å². The molecule has 3 atom stereocenters. The average Bonchev–Trinajstić information content (AvgIpc) is 2.30. The van der Waals surface area contributed by atoms with Gasteiger partial charge in [0.1, 0.15) is 6.10 Å². The van der Waals surface area contributed by atoms with Crippen LogP contribution < -0.4 is 0 Å². The molecule has 68 valence electrons. The molecule has 3 nitrogen and oxygen atoms in total. The van der Waals surface area contributed by atoms with E-state index in [1.54, 1.807) is 6.92 Å². The summed E-state index contributed by atoms with van der Waals surface area (Å²) in [6, 6.07) is 0. The first-order chi connectivity index (χ1) is 5.61. The van der Waals surface area contributed by atoms with Crippen LogP contribution in [0.2, 0.25) is 0 Å². The first-order valence-corrected chi connectivity index (χ1v) is 5.59. The molecule has 0 N–H and O–H groups in total. The molecule has 0 saturated carbocycles. The molecule has 0 radical (unpaired) electrons. The Kier molecular flexibility index (Phi) is 2.95. The Bertz CT molecular complexity index is 263. The second-order valence-corrected chi connectivity index (χ2v) is 5.04. The van der Waals surface area contributed by atoms with Gasteiger partial charge in [-0.3, -0.25) is 9.09 Å². The van der Waals surface area contributed by atoms with E-state index in [1.165, 1.54) is 7.11 Å². The highest BCUT2D eigenvalue weighted by molar-refractivity contribution is 7.54. The summed E-state index contributed by atoms with van der Waals surface area (Å²) in [5.74, 6) is 5.81. The first-order valence-electron chi connectivity index (χ1n) is 3.87. The van der Waals surface area contributed by atoms with E-state index < -0.39 is 7.60 Å². The summed E-state index contributed by atoms with van der Waals surface area (Å²) in [6.07, 6.45) is 0.254. The quantitative estimate of drug-likeness (QED) is 0.465. The second-order valence-electron chi connectivity index (χ2n) is 2.87. The maximum Gasteiger partial charge on any atom is 0.332 e. The van der Waals surface area contributed by atoms with Gasteiger partial charge in [0.05, 0.1) is 6.16 Å². The van der Waals surface area contributed by atoms with Crippen LogP contribution in [-0.4, -0.2) is 19.4 Å². The largest absolute Gasteiger partial charge is 0.332 e. The van der Waals surface area contributed by atoms with Crippen molar-refractivity contribution in [3.8, 4) is 11.8 Å². The molecule has 0 aromatic rings. The van der Waals surface area contributed by atoms with Crippen LogP contribution in [0.15, 0.2) is 0 Å². The third-order valence-electron chi connectivity index (χ3n) is 1.87. The lowest BCUT2D eigenvalue weighted by Crippen LogP contribution is -2.10. The number of rotatable bonds is 1. The van der Waals surface area contributed by atoms with Crippen LogP contribution in [0.1, 0.15) is 13.8 Å². The molecular formula is C8H13O3P. The number of hydrogen-bond donors (Lipinski definition) is 0. The van der Waals surface area contributed by atoms with Crippen LogP contribution in [0.4, 0.5) is 0 Å². The minimum Gasteiger partial charge on any atom is -0.312 e. The van der Waals surface area contributed by atoms with Crippen LogP contribution in [0.25, 0.3) is 0 Å². The first kappa shape index (κ1) is 9.80. The summed E-state index contributed by atoms with van der Waals surface area (Å²) in [5, 5.41) is 0. The third-order valence-corrected chi connectivity index (χ3v) is 4.00. The maximum atomic E-state index is 11.6. The molecule has 0 aromatic heterocycles. The van der Waals surface area contributed by atoms with Crippen molar-refractivity contribution in [2.45, 2.75) is 20.0 Å². The molecule has 0 amide bonds. The third kappa shape index (κ3) is 1.90. The number of hydrogen-bond acceptors (Lipinski definition) is 3. The average molecular weight is 188 g/mol. The smallest absolute Gasteiger partial charge is 0.312 e. The maximum absolute atomic E-state index is 11.6. The minimum atomic E-state index is -2.80. The molecule has 1 saturated heterocycles. The van der Waals surface area contributed by atoms with Crippen molar-refractivity contribution in [3.05, 3.63) is 0 Å². The van der Waals surface area contributed by atoms with Crippen molar-refractivity contribution in [2.75, 3.05) is 13.3 Å². The Morgan fingerprint density at radius 1 is 1.67 bits per heavy atom. The zero-order chi connectivity index (χ0) is 9.19. The zero-order valence-electron chi connectivity index (χ0n) is 7.53. The Morgan fingerprint density at radius 2 is 2.33 bits per heavy atom. The molecule has 1 aliphatic rings. The molecule has 3 unspecified atom stereocenters. The molecule has 0 bridgehead atoms. The molecule has 4 heteroatoms. The zero-order valence-corrected chi connectivity index (χ0v) is 8.43. The predicted molar refractivity (Wildman–Crippen MR) is 47.0 cm³/mol. The summed E-state index contributed by atoms with van der Waals surface area (Å²) in [6.45, 7) is 3.71. The fourth-order valence-electron chi connectivity index (χ4n) is 1.20. The Balaban J connectivity index is 2.72. The summed E-state index contributed by atoms with van der Waals surface area (Å²) < 4.78 is 21.6. The fraction of sp³-hybridized carbons (Fsp3) is 0.750. The van der Waals surface area contributed by atoms with Gasteiger partial charge in [-0.1, -0.05) is 12.8 Å². The Hall–Kier alpha value is -0.290. The molecule has 1 heterocycles. The van der Waals surface area contributed by atoms with E-state index in [9.17, 15) is 4.57 Å². The molecule has 0 spiro atoms. The van der Waals surface area contributed by atoms with Crippen molar-refractivity contribution in [1.29, 1.82) is 0 Å². The van der Waals surface area contributed by atoms with Crippen LogP contribution in [0, 0.1) is 17.8 Å². The van der Waals surface area contributed by atoms with Crippen LogP contribution in [-0.2, 0) is 13.6 Å². The van der Waals surface area contributed by atoms with Gasteiger partial charge in [0, 0.05) is 13.0 Å². The second kappa shape index (κ2) is 3.62. The minimum absolute atomic E-state index is 0.197. The summed E-state index contributed by atoms with van der Waals surface area (Å²) in [7, 11) is -1.38. The van der Waals surface area contributed by atoms with Gasteiger partial charge in [-0.15, -0.1) is 5.92 Å². The van der Waals surface area contributed by atoms with Crippen molar-refractivity contribution in [3.63, 3.8) is 0 Å². The summed E-state index contributed by atoms with van der Waals surface area (Å²) in [4.78, 5) is 0. The Labute approximate surface area is 73.0 Å². The van der Waals surface area contributed by atoms with Crippen LogP contribution in [0.3, 0.4) is 0 Å². The van der Waals surface area contributed by atoms with Gasteiger partial charge in [0.15, 0.2) is 0 Å². The lowest BCUT2D eigenvalue weighted by Gasteiger charge is -2.07.